The summed E-state index contributed by atoms with van der Waals surface area (Å²) < 4.78 is 36.2. The zero-order valence-corrected chi connectivity index (χ0v) is 10.7. The minimum absolute atomic E-state index is 0.150. The van der Waals surface area contributed by atoms with E-state index >= 15 is 0 Å². The molecule has 1 aromatic heterocycles. The van der Waals surface area contributed by atoms with E-state index in [1.54, 1.807) is 11.3 Å². The quantitative estimate of drug-likeness (QED) is 0.785. The molecule has 0 bridgehead atoms. The van der Waals surface area contributed by atoms with E-state index in [1.807, 2.05) is 23.8 Å². The average Bonchev–Trinajstić information content (AvgIpc) is 2.68. The first-order valence-electron chi connectivity index (χ1n) is 5.82. The van der Waals surface area contributed by atoms with Crippen molar-refractivity contribution >= 4 is 11.3 Å². The van der Waals surface area contributed by atoms with Gasteiger partial charge in [0.25, 0.3) is 0 Å². The van der Waals surface area contributed by atoms with Crippen LogP contribution in [0.2, 0.25) is 0 Å². The van der Waals surface area contributed by atoms with Crippen LogP contribution in [-0.4, -0.2) is 18.8 Å². The van der Waals surface area contributed by atoms with Gasteiger partial charge >= 0.3 is 6.18 Å². The predicted octanol–water partition coefficient (Wildman–Crippen LogP) is 4.00. The lowest BCUT2D eigenvalue weighted by Crippen LogP contribution is -2.31. The van der Waals surface area contributed by atoms with Gasteiger partial charge < -0.3 is 5.32 Å². The van der Waals surface area contributed by atoms with E-state index in [0.29, 0.717) is 6.42 Å². The Kier molecular flexibility index (Phi) is 5.98. The molecular formula is C12H18F3NS. The zero-order valence-electron chi connectivity index (χ0n) is 9.89. The van der Waals surface area contributed by atoms with E-state index in [4.69, 9.17) is 0 Å². The maximum atomic E-state index is 12.1. The first kappa shape index (κ1) is 14.5. The summed E-state index contributed by atoms with van der Waals surface area (Å²) >= 11 is 1.62. The molecule has 17 heavy (non-hydrogen) atoms. The van der Waals surface area contributed by atoms with Crippen molar-refractivity contribution in [2.45, 2.75) is 44.8 Å². The largest absolute Gasteiger partial charge is 0.389 e. The van der Waals surface area contributed by atoms with Gasteiger partial charge in [0.2, 0.25) is 0 Å². The van der Waals surface area contributed by atoms with E-state index in [0.717, 1.165) is 13.0 Å². The molecular weight excluding hydrogens is 247 g/mol. The molecule has 0 aliphatic heterocycles. The summed E-state index contributed by atoms with van der Waals surface area (Å²) in [4.78, 5) is 0. The van der Waals surface area contributed by atoms with Gasteiger partial charge in [-0.15, -0.1) is 0 Å². The lowest BCUT2D eigenvalue weighted by molar-refractivity contribution is -0.135. The number of halogens is 3. The topological polar surface area (TPSA) is 12.0 Å². The number of thiophene rings is 1. The number of rotatable bonds is 7. The van der Waals surface area contributed by atoms with Crippen LogP contribution in [-0.2, 0) is 6.42 Å². The summed E-state index contributed by atoms with van der Waals surface area (Å²) in [7, 11) is 0. The molecule has 1 N–H and O–H groups in total. The fourth-order valence-electron chi connectivity index (χ4n) is 1.81. The van der Waals surface area contributed by atoms with Crippen molar-refractivity contribution in [1.82, 2.24) is 5.32 Å². The van der Waals surface area contributed by atoms with E-state index in [9.17, 15) is 13.2 Å². The Balaban J connectivity index is 2.33. The van der Waals surface area contributed by atoms with Gasteiger partial charge in [-0.2, -0.15) is 24.5 Å². The molecule has 0 radical (unpaired) electrons. The van der Waals surface area contributed by atoms with E-state index in [-0.39, 0.29) is 12.5 Å². The highest BCUT2D eigenvalue weighted by molar-refractivity contribution is 7.07. The monoisotopic (exact) mass is 265 g/mol. The Labute approximate surface area is 104 Å². The van der Waals surface area contributed by atoms with Gasteiger partial charge in [0.05, 0.1) is 0 Å². The second-order valence-electron chi connectivity index (χ2n) is 4.10. The van der Waals surface area contributed by atoms with Gasteiger partial charge in [0, 0.05) is 12.5 Å². The normalized spacial score (nSPS) is 13.9. The van der Waals surface area contributed by atoms with Crippen LogP contribution >= 0.6 is 11.3 Å². The molecule has 1 rings (SSSR count). The zero-order chi connectivity index (χ0) is 12.7. The molecule has 1 atom stereocenters. The van der Waals surface area contributed by atoms with E-state index in [2.05, 4.69) is 5.32 Å². The minimum Gasteiger partial charge on any atom is -0.314 e. The summed E-state index contributed by atoms with van der Waals surface area (Å²) in [5.41, 5.74) is 1.20. The number of hydrogen-bond donors (Lipinski definition) is 1. The molecule has 0 saturated carbocycles. The SMILES string of the molecule is CCNC(CCCC(F)(F)F)Cc1ccsc1. The Morgan fingerprint density at radius 2 is 2.18 bits per heavy atom. The maximum absolute atomic E-state index is 12.1. The highest BCUT2D eigenvalue weighted by atomic mass is 32.1. The summed E-state index contributed by atoms with van der Waals surface area (Å²) in [5.74, 6) is 0. The Bertz CT molecular complexity index is 295. The van der Waals surface area contributed by atoms with Crippen molar-refractivity contribution < 1.29 is 13.2 Å². The van der Waals surface area contributed by atoms with Crippen LogP contribution in [0.4, 0.5) is 13.2 Å². The second-order valence-corrected chi connectivity index (χ2v) is 4.88. The van der Waals surface area contributed by atoms with Crippen molar-refractivity contribution in [2.75, 3.05) is 6.54 Å². The van der Waals surface area contributed by atoms with Gasteiger partial charge in [0.1, 0.15) is 0 Å². The lowest BCUT2D eigenvalue weighted by Gasteiger charge is -2.17. The Morgan fingerprint density at radius 1 is 1.41 bits per heavy atom. The fourth-order valence-corrected chi connectivity index (χ4v) is 2.49. The van der Waals surface area contributed by atoms with Crippen molar-refractivity contribution in [3.8, 4) is 0 Å². The minimum atomic E-state index is -4.03. The molecule has 0 saturated heterocycles. The van der Waals surface area contributed by atoms with Crippen molar-refractivity contribution in [3.05, 3.63) is 22.4 Å². The van der Waals surface area contributed by atoms with Gasteiger partial charge in [-0.05, 0) is 48.2 Å². The molecule has 0 amide bonds. The molecule has 98 valence electrons. The smallest absolute Gasteiger partial charge is 0.314 e. The molecule has 1 unspecified atom stereocenters. The van der Waals surface area contributed by atoms with Crippen LogP contribution in [0.3, 0.4) is 0 Å². The highest BCUT2D eigenvalue weighted by Gasteiger charge is 2.26. The van der Waals surface area contributed by atoms with Crippen molar-refractivity contribution in [2.24, 2.45) is 0 Å². The van der Waals surface area contributed by atoms with Gasteiger partial charge in [-0.25, -0.2) is 0 Å². The third-order valence-electron chi connectivity index (χ3n) is 2.57. The lowest BCUT2D eigenvalue weighted by atomic mass is 10.0. The average molecular weight is 265 g/mol. The predicted molar refractivity (Wildman–Crippen MR) is 65.4 cm³/mol. The molecule has 0 fully saturated rings. The van der Waals surface area contributed by atoms with Crippen LogP contribution in [0.15, 0.2) is 16.8 Å². The maximum Gasteiger partial charge on any atom is 0.389 e. The summed E-state index contributed by atoms with van der Waals surface area (Å²) in [6, 6.07) is 2.18. The molecule has 1 nitrogen and oxygen atoms in total. The number of nitrogens with one attached hydrogen (secondary N) is 1. The molecule has 0 aliphatic carbocycles. The van der Waals surface area contributed by atoms with E-state index < -0.39 is 12.6 Å². The molecule has 0 aromatic carbocycles. The molecule has 5 heteroatoms. The molecule has 1 heterocycles. The number of likely N-dealkylation sites (N-methyl/N-ethyl adjacent to an activating group) is 1. The Morgan fingerprint density at radius 3 is 2.71 bits per heavy atom. The van der Waals surface area contributed by atoms with Gasteiger partial charge in [0.15, 0.2) is 0 Å². The molecule has 1 aromatic rings. The second kappa shape index (κ2) is 7.01. The van der Waals surface area contributed by atoms with Gasteiger partial charge in [-0.1, -0.05) is 6.92 Å². The first-order chi connectivity index (χ1) is 8.01. The summed E-state index contributed by atoms with van der Waals surface area (Å²) in [6.45, 7) is 2.77. The van der Waals surface area contributed by atoms with Crippen molar-refractivity contribution in [3.63, 3.8) is 0 Å². The van der Waals surface area contributed by atoms with Crippen molar-refractivity contribution in [1.29, 1.82) is 0 Å². The van der Waals surface area contributed by atoms with Crippen LogP contribution in [0, 0.1) is 0 Å². The first-order valence-corrected chi connectivity index (χ1v) is 6.76. The number of hydrogen-bond acceptors (Lipinski definition) is 2. The van der Waals surface area contributed by atoms with Crippen LogP contribution in [0.5, 0.6) is 0 Å². The third kappa shape index (κ3) is 6.68. The third-order valence-corrected chi connectivity index (χ3v) is 3.30. The standard InChI is InChI=1S/C12H18F3NS/c1-2-16-11(4-3-6-12(13,14)15)8-10-5-7-17-9-10/h5,7,9,11,16H,2-4,6,8H2,1H3. The summed E-state index contributed by atoms with van der Waals surface area (Å²) in [6.07, 6.45) is -3.12. The Hall–Kier alpha value is -0.550. The van der Waals surface area contributed by atoms with E-state index in [1.165, 1.54) is 5.56 Å². The number of alkyl halides is 3. The molecule has 0 spiro atoms. The van der Waals surface area contributed by atoms with Gasteiger partial charge in [-0.3, -0.25) is 0 Å². The summed E-state index contributed by atoms with van der Waals surface area (Å²) in [5, 5.41) is 7.29. The highest BCUT2D eigenvalue weighted by Crippen LogP contribution is 2.23. The fraction of sp³-hybridized carbons (Fsp3) is 0.667. The van der Waals surface area contributed by atoms with Crippen LogP contribution in [0.1, 0.15) is 31.7 Å². The molecule has 0 aliphatic rings. The van der Waals surface area contributed by atoms with Crippen LogP contribution < -0.4 is 5.32 Å². The van der Waals surface area contributed by atoms with Crippen LogP contribution in [0.25, 0.3) is 0 Å².